The third kappa shape index (κ3) is 5.55. The second kappa shape index (κ2) is 11.6. The topological polar surface area (TPSA) is 147 Å². The number of ketones is 1. The van der Waals surface area contributed by atoms with E-state index >= 15 is 0 Å². The molecule has 1 heterocycles. The fourth-order valence-corrected chi connectivity index (χ4v) is 5.73. The summed E-state index contributed by atoms with van der Waals surface area (Å²) in [4.78, 5) is 37.8. The smallest absolute Gasteiger partial charge is 0.295 e. The number of sulfonamides is 1. The average Bonchev–Trinajstić information content (AvgIpc) is 3.14. The maximum Gasteiger partial charge on any atom is 0.295 e. The summed E-state index contributed by atoms with van der Waals surface area (Å²) in [7, 11) is -2.22. The van der Waals surface area contributed by atoms with E-state index in [1.807, 2.05) is 0 Å². The van der Waals surface area contributed by atoms with Gasteiger partial charge in [-0.15, -0.1) is 0 Å². The molecule has 1 unspecified atom stereocenters. The van der Waals surface area contributed by atoms with E-state index in [0.717, 1.165) is 0 Å². The normalized spacial score (nSPS) is 17.5. The minimum Gasteiger partial charge on any atom is -0.507 e. The molecule has 198 valence electrons. The van der Waals surface area contributed by atoms with Crippen LogP contribution in [0.1, 0.15) is 37.4 Å². The first-order chi connectivity index (χ1) is 17.6. The van der Waals surface area contributed by atoms with Gasteiger partial charge in [0.05, 0.1) is 21.4 Å². The summed E-state index contributed by atoms with van der Waals surface area (Å²) in [5, 5.41) is 22.2. The average molecular weight is 532 g/mol. The minimum absolute atomic E-state index is 0.0275. The molecule has 0 bridgehead atoms. The SMILES string of the molecule is CCN(CC)S(=O)(=O)c1ccc(/C(O)=C2\C(=O)C(=O)N(CCCOC)C2c2ccc([N+](=O)[O-])cc2)cc1. The fourth-order valence-electron chi connectivity index (χ4n) is 4.27. The van der Waals surface area contributed by atoms with Gasteiger partial charge in [0.15, 0.2) is 0 Å². The Bertz CT molecular complexity index is 1300. The third-order valence-electron chi connectivity index (χ3n) is 6.18. The first kappa shape index (κ1) is 28.0. The summed E-state index contributed by atoms with van der Waals surface area (Å²) in [5.74, 6) is -2.19. The van der Waals surface area contributed by atoms with Crippen LogP contribution in [0.4, 0.5) is 5.69 Å². The Morgan fingerprint density at radius 1 is 1.08 bits per heavy atom. The molecule has 1 aliphatic heterocycles. The molecule has 12 heteroatoms. The number of amides is 1. The first-order valence-corrected chi connectivity index (χ1v) is 13.1. The number of hydrogen-bond acceptors (Lipinski definition) is 8. The monoisotopic (exact) mass is 531 g/mol. The van der Waals surface area contributed by atoms with Gasteiger partial charge in [-0.05, 0) is 48.4 Å². The number of nitrogens with zero attached hydrogens (tertiary/aromatic N) is 3. The predicted octanol–water partition coefficient (Wildman–Crippen LogP) is 3.08. The molecule has 37 heavy (non-hydrogen) atoms. The van der Waals surface area contributed by atoms with Gasteiger partial charge in [0.1, 0.15) is 5.76 Å². The van der Waals surface area contributed by atoms with Crippen LogP contribution in [-0.4, -0.2) is 72.7 Å². The molecule has 2 aromatic rings. The van der Waals surface area contributed by atoms with Crippen LogP contribution in [-0.2, 0) is 24.3 Å². The molecule has 1 aliphatic rings. The number of carbonyl (C=O) groups excluding carboxylic acids is 2. The van der Waals surface area contributed by atoms with Crippen molar-refractivity contribution in [3.8, 4) is 0 Å². The number of carbonyl (C=O) groups is 2. The van der Waals surface area contributed by atoms with Gasteiger partial charge in [-0.2, -0.15) is 4.31 Å². The minimum atomic E-state index is -3.73. The van der Waals surface area contributed by atoms with Crippen molar-refractivity contribution < 1.29 is 32.8 Å². The summed E-state index contributed by atoms with van der Waals surface area (Å²) in [6, 6.07) is 9.81. The van der Waals surface area contributed by atoms with Gasteiger partial charge in [-0.3, -0.25) is 19.7 Å². The van der Waals surface area contributed by atoms with Crippen molar-refractivity contribution in [1.29, 1.82) is 0 Å². The second-order valence-corrected chi connectivity index (χ2v) is 10.2. The van der Waals surface area contributed by atoms with Crippen molar-refractivity contribution in [2.24, 2.45) is 0 Å². The molecule has 1 saturated heterocycles. The molecule has 0 aromatic heterocycles. The maximum absolute atomic E-state index is 13.1. The van der Waals surface area contributed by atoms with Crippen LogP contribution < -0.4 is 0 Å². The van der Waals surface area contributed by atoms with Crippen LogP contribution in [0.3, 0.4) is 0 Å². The summed E-state index contributed by atoms with van der Waals surface area (Å²) < 4.78 is 31.9. The highest BCUT2D eigenvalue weighted by atomic mass is 32.2. The van der Waals surface area contributed by atoms with Crippen LogP contribution >= 0.6 is 0 Å². The third-order valence-corrected chi connectivity index (χ3v) is 8.24. The van der Waals surface area contributed by atoms with Gasteiger partial charge in [-0.25, -0.2) is 8.42 Å². The van der Waals surface area contributed by atoms with E-state index in [0.29, 0.717) is 31.7 Å². The molecule has 2 aromatic carbocycles. The molecular weight excluding hydrogens is 502 g/mol. The summed E-state index contributed by atoms with van der Waals surface area (Å²) in [6.07, 6.45) is 0.422. The number of ether oxygens (including phenoxy) is 1. The molecule has 11 nitrogen and oxygen atoms in total. The van der Waals surface area contributed by atoms with Gasteiger partial charge in [0.2, 0.25) is 10.0 Å². The highest BCUT2D eigenvalue weighted by molar-refractivity contribution is 7.89. The molecule has 1 fully saturated rings. The van der Waals surface area contributed by atoms with Crippen molar-refractivity contribution >= 4 is 33.2 Å². The van der Waals surface area contributed by atoms with Crippen LogP contribution in [0.25, 0.3) is 5.76 Å². The number of benzene rings is 2. The van der Waals surface area contributed by atoms with Gasteiger partial charge in [-0.1, -0.05) is 13.8 Å². The molecular formula is C25H29N3O8S. The standard InChI is InChI=1S/C25H29N3O8S/c1-4-26(5-2)37(34,35)20-13-9-18(10-14-20)23(29)21-22(17-7-11-19(12-8-17)28(32)33)27(15-6-16-36-3)25(31)24(21)30/h7-14,22,29H,4-6,15-16H2,1-3H3/b23-21+. The Hall–Kier alpha value is -3.61. The van der Waals surface area contributed by atoms with Gasteiger partial charge in [0.25, 0.3) is 17.4 Å². The fraction of sp³-hybridized carbons (Fsp3) is 0.360. The van der Waals surface area contributed by atoms with Gasteiger partial charge in [0, 0.05) is 51.0 Å². The Morgan fingerprint density at radius 2 is 1.68 bits per heavy atom. The lowest BCUT2D eigenvalue weighted by Gasteiger charge is -2.25. The van der Waals surface area contributed by atoms with Crippen molar-refractivity contribution in [3.05, 3.63) is 75.3 Å². The number of nitro benzene ring substituents is 1. The zero-order chi connectivity index (χ0) is 27.3. The number of methoxy groups -OCH3 is 1. The largest absolute Gasteiger partial charge is 0.507 e. The molecule has 0 saturated carbocycles. The lowest BCUT2D eigenvalue weighted by molar-refractivity contribution is -0.384. The number of aliphatic hydroxyl groups excluding tert-OH is 1. The van der Waals surface area contributed by atoms with Gasteiger partial charge >= 0.3 is 0 Å². The Balaban J connectivity index is 2.09. The zero-order valence-electron chi connectivity index (χ0n) is 20.8. The summed E-state index contributed by atoms with van der Waals surface area (Å²) in [6.45, 7) is 4.53. The number of Topliss-reactive ketones (excluding diaryl/α,β-unsaturated/α-hetero) is 1. The molecule has 3 rings (SSSR count). The zero-order valence-corrected chi connectivity index (χ0v) is 21.6. The van der Waals surface area contributed by atoms with Crippen LogP contribution in [0, 0.1) is 10.1 Å². The lowest BCUT2D eigenvalue weighted by Crippen LogP contribution is -2.31. The molecule has 0 radical (unpaired) electrons. The first-order valence-electron chi connectivity index (χ1n) is 11.7. The Labute approximate surface area is 215 Å². The number of likely N-dealkylation sites (tertiary alicyclic amines) is 1. The van der Waals surface area contributed by atoms with Crippen LogP contribution in [0.2, 0.25) is 0 Å². The molecule has 1 amide bonds. The van der Waals surface area contributed by atoms with E-state index in [-0.39, 0.29) is 28.3 Å². The number of hydrogen-bond donors (Lipinski definition) is 1. The Morgan fingerprint density at radius 3 is 2.19 bits per heavy atom. The number of rotatable bonds is 11. The predicted molar refractivity (Wildman–Crippen MR) is 135 cm³/mol. The van der Waals surface area contributed by atoms with E-state index in [9.17, 15) is 33.2 Å². The van der Waals surface area contributed by atoms with Crippen molar-refractivity contribution in [3.63, 3.8) is 0 Å². The molecule has 0 aliphatic carbocycles. The highest BCUT2D eigenvalue weighted by Gasteiger charge is 2.45. The van der Waals surface area contributed by atoms with E-state index in [1.54, 1.807) is 13.8 Å². The van der Waals surface area contributed by atoms with Crippen molar-refractivity contribution in [1.82, 2.24) is 9.21 Å². The van der Waals surface area contributed by atoms with E-state index in [2.05, 4.69) is 0 Å². The van der Waals surface area contributed by atoms with E-state index < -0.39 is 38.4 Å². The molecule has 1 atom stereocenters. The summed E-state index contributed by atoms with van der Waals surface area (Å²) >= 11 is 0. The quantitative estimate of drug-likeness (QED) is 0.116. The lowest BCUT2D eigenvalue weighted by atomic mass is 9.95. The van der Waals surface area contributed by atoms with E-state index in [4.69, 9.17) is 4.74 Å². The summed E-state index contributed by atoms with van der Waals surface area (Å²) in [5.41, 5.74) is 0.213. The van der Waals surface area contributed by atoms with Crippen LogP contribution in [0.15, 0.2) is 59.0 Å². The van der Waals surface area contributed by atoms with E-state index in [1.165, 1.54) is 64.8 Å². The Kier molecular flexibility index (Phi) is 8.79. The van der Waals surface area contributed by atoms with Crippen LogP contribution in [0.5, 0.6) is 0 Å². The van der Waals surface area contributed by atoms with Gasteiger partial charge < -0.3 is 14.7 Å². The molecule has 1 N–H and O–H groups in total. The number of non-ortho nitro benzene ring substituents is 1. The maximum atomic E-state index is 13.1. The highest BCUT2D eigenvalue weighted by Crippen LogP contribution is 2.40. The van der Waals surface area contributed by atoms with Crippen molar-refractivity contribution in [2.75, 3.05) is 33.4 Å². The van der Waals surface area contributed by atoms with Crippen molar-refractivity contribution in [2.45, 2.75) is 31.2 Å². The number of aliphatic hydroxyl groups is 1. The second-order valence-electron chi connectivity index (χ2n) is 8.30. The molecule has 0 spiro atoms. The number of nitro groups is 1.